The highest BCUT2D eigenvalue weighted by Crippen LogP contribution is 2.15. The third-order valence-corrected chi connectivity index (χ3v) is 1.92. The zero-order chi connectivity index (χ0) is 11.5. The lowest BCUT2D eigenvalue weighted by Gasteiger charge is -2.04. The van der Waals surface area contributed by atoms with Gasteiger partial charge in [-0.3, -0.25) is 9.89 Å². The SMILES string of the molecule is Nc1cc(F)cc(NC(=O)c2ccn[nH]2)c1. The van der Waals surface area contributed by atoms with Crippen molar-refractivity contribution in [1.82, 2.24) is 10.2 Å². The van der Waals surface area contributed by atoms with Gasteiger partial charge in [-0.15, -0.1) is 0 Å². The van der Waals surface area contributed by atoms with Crippen LogP contribution in [0.2, 0.25) is 0 Å². The van der Waals surface area contributed by atoms with E-state index in [1.165, 1.54) is 30.5 Å². The van der Waals surface area contributed by atoms with Crippen molar-refractivity contribution in [3.05, 3.63) is 42.0 Å². The average molecular weight is 220 g/mol. The number of hydrogen-bond acceptors (Lipinski definition) is 3. The molecule has 0 saturated heterocycles. The quantitative estimate of drug-likeness (QED) is 0.668. The van der Waals surface area contributed by atoms with Gasteiger partial charge in [0, 0.05) is 17.6 Å². The van der Waals surface area contributed by atoms with Gasteiger partial charge in [0.15, 0.2) is 0 Å². The van der Waals surface area contributed by atoms with Crippen LogP contribution in [0.1, 0.15) is 10.5 Å². The van der Waals surface area contributed by atoms with Crippen molar-refractivity contribution in [2.24, 2.45) is 0 Å². The smallest absolute Gasteiger partial charge is 0.273 e. The van der Waals surface area contributed by atoms with E-state index >= 15 is 0 Å². The van der Waals surface area contributed by atoms with Crippen molar-refractivity contribution in [1.29, 1.82) is 0 Å². The van der Waals surface area contributed by atoms with Crippen LogP contribution in [0.5, 0.6) is 0 Å². The molecular weight excluding hydrogens is 211 g/mol. The summed E-state index contributed by atoms with van der Waals surface area (Å²) in [6.07, 6.45) is 1.45. The molecule has 16 heavy (non-hydrogen) atoms. The summed E-state index contributed by atoms with van der Waals surface area (Å²) in [4.78, 5) is 11.6. The van der Waals surface area contributed by atoms with Gasteiger partial charge in [-0.25, -0.2) is 4.39 Å². The fraction of sp³-hybridized carbons (Fsp3) is 0. The number of H-pyrrole nitrogens is 1. The Labute approximate surface area is 90.5 Å². The summed E-state index contributed by atoms with van der Waals surface area (Å²) in [7, 11) is 0. The average Bonchev–Trinajstić information content (AvgIpc) is 2.68. The first-order chi connectivity index (χ1) is 7.65. The maximum absolute atomic E-state index is 13.0. The molecule has 5 nitrogen and oxygen atoms in total. The molecule has 4 N–H and O–H groups in total. The summed E-state index contributed by atoms with van der Waals surface area (Å²) < 4.78 is 13.0. The minimum absolute atomic E-state index is 0.250. The van der Waals surface area contributed by atoms with Crippen LogP contribution in [0.25, 0.3) is 0 Å². The molecule has 0 unspecified atom stereocenters. The molecule has 2 aromatic rings. The summed E-state index contributed by atoms with van der Waals surface area (Å²) in [6.45, 7) is 0. The number of anilines is 2. The number of halogens is 1. The lowest BCUT2D eigenvalue weighted by molar-refractivity contribution is 0.102. The van der Waals surface area contributed by atoms with E-state index in [2.05, 4.69) is 15.5 Å². The van der Waals surface area contributed by atoms with Crippen molar-refractivity contribution >= 4 is 17.3 Å². The lowest BCUT2D eigenvalue weighted by atomic mass is 10.2. The molecule has 0 saturated carbocycles. The summed E-state index contributed by atoms with van der Waals surface area (Å²) >= 11 is 0. The molecule has 0 spiro atoms. The van der Waals surface area contributed by atoms with Crippen LogP contribution in [-0.2, 0) is 0 Å². The van der Waals surface area contributed by atoms with E-state index in [1.807, 2.05) is 0 Å². The maximum Gasteiger partial charge on any atom is 0.273 e. The highest BCUT2D eigenvalue weighted by molar-refractivity contribution is 6.02. The molecule has 0 atom stereocenters. The zero-order valence-corrected chi connectivity index (χ0v) is 8.20. The van der Waals surface area contributed by atoms with Gasteiger partial charge < -0.3 is 11.1 Å². The van der Waals surface area contributed by atoms with Gasteiger partial charge >= 0.3 is 0 Å². The van der Waals surface area contributed by atoms with Gasteiger partial charge in [-0.1, -0.05) is 0 Å². The van der Waals surface area contributed by atoms with Gasteiger partial charge in [0.1, 0.15) is 11.5 Å². The number of nitrogens with two attached hydrogens (primary N) is 1. The molecular formula is C10H9FN4O. The minimum atomic E-state index is -0.500. The molecule has 1 heterocycles. The number of nitrogens with zero attached hydrogens (tertiary/aromatic N) is 1. The topological polar surface area (TPSA) is 83.8 Å². The second-order valence-electron chi connectivity index (χ2n) is 3.20. The number of nitrogen functional groups attached to an aromatic ring is 1. The van der Waals surface area contributed by atoms with Crippen LogP contribution in [-0.4, -0.2) is 16.1 Å². The number of benzene rings is 1. The van der Waals surface area contributed by atoms with Gasteiger partial charge in [-0.2, -0.15) is 5.10 Å². The third kappa shape index (κ3) is 2.17. The van der Waals surface area contributed by atoms with E-state index in [4.69, 9.17) is 5.73 Å². The molecule has 6 heteroatoms. The first-order valence-electron chi connectivity index (χ1n) is 4.52. The van der Waals surface area contributed by atoms with Crippen molar-refractivity contribution in [2.45, 2.75) is 0 Å². The summed E-state index contributed by atoms with van der Waals surface area (Å²) in [6, 6.07) is 5.34. The normalized spacial score (nSPS) is 10.1. The molecule has 0 aliphatic rings. The number of hydrogen-bond donors (Lipinski definition) is 3. The summed E-state index contributed by atoms with van der Waals surface area (Å²) in [5.41, 5.74) is 6.29. The first-order valence-corrected chi connectivity index (χ1v) is 4.52. The van der Waals surface area contributed by atoms with E-state index in [0.717, 1.165) is 0 Å². The Balaban J connectivity index is 2.18. The minimum Gasteiger partial charge on any atom is -0.399 e. The molecule has 1 aromatic heterocycles. The van der Waals surface area contributed by atoms with Crippen molar-refractivity contribution in [2.75, 3.05) is 11.1 Å². The number of carbonyl (C=O) groups excluding carboxylic acids is 1. The number of carbonyl (C=O) groups is 1. The predicted octanol–water partition coefficient (Wildman–Crippen LogP) is 1.38. The van der Waals surface area contributed by atoms with Gasteiger partial charge in [-0.05, 0) is 24.3 Å². The van der Waals surface area contributed by atoms with E-state index in [9.17, 15) is 9.18 Å². The molecule has 0 aliphatic heterocycles. The Morgan fingerprint density at radius 3 is 2.88 bits per heavy atom. The summed E-state index contributed by atoms with van der Waals surface area (Å²) in [5, 5.41) is 8.63. The molecule has 0 bridgehead atoms. The maximum atomic E-state index is 13.0. The fourth-order valence-electron chi connectivity index (χ4n) is 1.27. The fourth-order valence-corrected chi connectivity index (χ4v) is 1.27. The van der Waals surface area contributed by atoms with Crippen LogP contribution < -0.4 is 11.1 Å². The second-order valence-corrected chi connectivity index (χ2v) is 3.20. The Morgan fingerprint density at radius 1 is 1.44 bits per heavy atom. The van der Waals surface area contributed by atoms with E-state index in [-0.39, 0.29) is 5.69 Å². The zero-order valence-electron chi connectivity index (χ0n) is 8.20. The van der Waals surface area contributed by atoms with E-state index in [0.29, 0.717) is 11.4 Å². The van der Waals surface area contributed by atoms with Crippen LogP contribution in [0.3, 0.4) is 0 Å². The standard InChI is InChI=1S/C10H9FN4O/c11-6-3-7(12)5-8(4-6)14-10(16)9-1-2-13-15-9/h1-5H,12H2,(H,13,15)(H,14,16). The Hall–Kier alpha value is -2.37. The highest BCUT2D eigenvalue weighted by Gasteiger charge is 2.07. The van der Waals surface area contributed by atoms with Crippen molar-refractivity contribution < 1.29 is 9.18 Å². The lowest BCUT2D eigenvalue weighted by Crippen LogP contribution is -2.12. The predicted molar refractivity (Wildman–Crippen MR) is 57.4 cm³/mol. The number of rotatable bonds is 2. The molecule has 0 fully saturated rings. The number of aromatic nitrogens is 2. The van der Waals surface area contributed by atoms with Crippen LogP contribution in [0.15, 0.2) is 30.5 Å². The van der Waals surface area contributed by atoms with Crippen molar-refractivity contribution in [3.63, 3.8) is 0 Å². The molecule has 1 aromatic carbocycles. The van der Waals surface area contributed by atoms with Crippen LogP contribution >= 0.6 is 0 Å². The van der Waals surface area contributed by atoms with Gasteiger partial charge in [0.25, 0.3) is 5.91 Å². The summed E-state index contributed by atoms with van der Waals surface area (Å²) in [5.74, 6) is -0.901. The van der Waals surface area contributed by atoms with Crippen molar-refractivity contribution in [3.8, 4) is 0 Å². The number of amides is 1. The molecule has 0 aliphatic carbocycles. The Morgan fingerprint density at radius 2 is 2.25 bits per heavy atom. The Bertz CT molecular complexity index is 489. The largest absolute Gasteiger partial charge is 0.399 e. The Kier molecular flexibility index (Phi) is 2.55. The van der Waals surface area contributed by atoms with E-state index in [1.54, 1.807) is 0 Å². The number of aromatic amines is 1. The molecule has 1 amide bonds. The van der Waals surface area contributed by atoms with Crippen LogP contribution in [0, 0.1) is 5.82 Å². The second kappa shape index (κ2) is 4.01. The van der Waals surface area contributed by atoms with E-state index < -0.39 is 11.7 Å². The number of nitrogens with one attached hydrogen (secondary N) is 2. The first kappa shape index (κ1) is 10.2. The van der Waals surface area contributed by atoms with Crippen LogP contribution in [0.4, 0.5) is 15.8 Å². The van der Waals surface area contributed by atoms with Gasteiger partial charge in [0.2, 0.25) is 0 Å². The van der Waals surface area contributed by atoms with Gasteiger partial charge in [0.05, 0.1) is 0 Å². The third-order valence-electron chi connectivity index (χ3n) is 1.92. The molecule has 82 valence electrons. The molecule has 0 radical (unpaired) electrons. The monoisotopic (exact) mass is 220 g/mol. The molecule has 2 rings (SSSR count). The highest BCUT2D eigenvalue weighted by atomic mass is 19.1.